The van der Waals surface area contributed by atoms with Gasteiger partial charge >= 0.3 is 0 Å². The van der Waals surface area contributed by atoms with E-state index in [2.05, 4.69) is 29.6 Å². The van der Waals surface area contributed by atoms with Crippen molar-refractivity contribution in [1.82, 2.24) is 5.32 Å². The molecule has 0 bridgehead atoms. The third-order valence-corrected chi connectivity index (χ3v) is 4.18. The van der Waals surface area contributed by atoms with Crippen LogP contribution in [0.5, 0.6) is 0 Å². The second kappa shape index (κ2) is 5.39. The molecule has 2 heterocycles. The number of aliphatic hydroxyl groups is 1. The van der Waals surface area contributed by atoms with Gasteiger partial charge in [0.25, 0.3) is 0 Å². The summed E-state index contributed by atoms with van der Waals surface area (Å²) < 4.78 is 5.92. The summed E-state index contributed by atoms with van der Waals surface area (Å²) in [5, 5.41) is 13.4. The second-order valence-corrected chi connectivity index (χ2v) is 5.36. The van der Waals surface area contributed by atoms with E-state index < -0.39 is 0 Å². The molecule has 1 fully saturated rings. The quantitative estimate of drug-likeness (QED) is 0.835. The zero-order valence-electron chi connectivity index (χ0n) is 10.6. The number of aliphatic hydroxyl groups excluding tert-OH is 1. The molecule has 0 spiro atoms. The predicted octanol–water partition coefficient (Wildman–Crippen LogP) is 1.66. The highest BCUT2D eigenvalue weighted by molar-refractivity contribution is 5.30. The van der Waals surface area contributed by atoms with E-state index in [4.69, 9.17) is 4.74 Å². The highest BCUT2D eigenvalue weighted by Gasteiger charge is 2.29. The van der Waals surface area contributed by atoms with Crippen LogP contribution in [0, 0.1) is 5.92 Å². The summed E-state index contributed by atoms with van der Waals surface area (Å²) in [6.45, 7) is 2.64. The summed E-state index contributed by atoms with van der Waals surface area (Å²) >= 11 is 0. The van der Waals surface area contributed by atoms with Crippen molar-refractivity contribution < 1.29 is 9.84 Å². The molecule has 0 aromatic heterocycles. The minimum absolute atomic E-state index is 0.162. The van der Waals surface area contributed by atoms with Gasteiger partial charge in [-0.3, -0.25) is 0 Å². The van der Waals surface area contributed by atoms with E-state index in [0.29, 0.717) is 5.92 Å². The van der Waals surface area contributed by atoms with Crippen LogP contribution in [0.4, 0.5) is 0 Å². The largest absolute Gasteiger partial charge is 0.393 e. The fourth-order valence-electron chi connectivity index (χ4n) is 3.10. The van der Waals surface area contributed by atoms with Gasteiger partial charge in [-0.05, 0) is 36.9 Å². The van der Waals surface area contributed by atoms with Gasteiger partial charge in [-0.15, -0.1) is 0 Å². The molecule has 98 valence electrons. The van der Waals surface area contributed by atoms with Gasteiger partial charge in [-0.2, -0.15) is 0 Å². The molecular weight excluding hydrogens is 226 g/mol. The molecule has 1 saturated heterocycles. The number of ether oxygens (including phenoxy) is 1. The molecule has 1 aromatic carbocycles. The first-order valence-corrected chi connectivity index (χ1v) is 6.93. The molecule has 18 heavy (non-hydrogen) atoms. The highest BCUT2D eigenvalue weighted by atomic mass is 16.5. The van der Waals surface area contributed by atoms with Gasteiger partial charge in [0.05, 0.1) is 18.8 Å². The Bertz CT molecular complexity index is 407. The number of nitrogens with one attached hydrogen (secondary N) is 1. The molecule has 3 rings (SSSR count). The number of benzene rings is 1. The molecule has 3 nitrogen and oxygen atoms in total. The highest BCUT2D eigenvalue weighted by Crippen LogP contribution is 2.33. The maximum atomic E-state index is 10.1. The minimum atomic E-state index is -0.177. The lowest BCUT2D eigenvalue weighted by atomic mass is 9.86. The summed E-state index contributed by atoms with van der Waals surface area (Å²) in [6.07, 6.45) is 2.78. The van der Waals surface area contributed by atoms with Crippen LogP contribution in [0.15, 0.2) is 24.3 Å². The molecule has 2 aliphatic heterocycles. The van der Waals surface area contributed by atoms with E-state index >= 15 is 0 Å². The molecule has 0 saturated carbocycles. The van der Waals surface area contributed by atoms with Gasteiger partial charge in [0.15, 0.2) is 0 Å². The first kappa shape index (κ1) is 12.2. The third-order valence-electron chi connectivity index (χ3n) is 4.18. The van der Waals surface area contributed by atoms with Crippen LogP contribution in [-0.2, 0) is 11.2 Å². The zero-order valence-corrected chi connectivity index (χ0v) is 10.6. The van der Waals surface area contributed by atoms with Crippen LogP contribution in [0.2, 0.25) is 0 Å². The smallest absolute Gasteiger partial charge is 0.0831 e. The minimum Gasteiger partial charge on any atom is -0.393 e. The molecule has 3 unspecified atom stereocenters. The average Bonchev–Trinajstić information content (AvgIpc) is 2.42. The van der Waals surface area contributed by atoms with Crippen LogP contribution in [0.25, 0.3) is 0 Å². The molecule has 3 atom stereocenters. The Morgan fingerprint density at radius 3 is 3.11 bits per heavy atom. The van der Waals surface area contributed by atoms with Crippen LogP contribution in [0.1, 0.15) is 30.1 Å². The monoisotopic (exact) mass is 247 g/mol. The van der Waals surface area contributed by atoms with Gasteiger partial charge < -0.3 is 15.2 Å². The van der Waals surface area contributed by atoms with Crippen molar-refractivity contribution in [3.8, 4) is 0 Å². The van der Waals surface area contributed by atoms with E-state index in [1.165, 1.54) is 11.1 Å². The number of piperidine rings is 1. The second-order valence-electron chi connectivity index (χ2n) is 5.36. The molecule has 1 aromatic rings. The van der Waals surface area contributed by atoms with Crippen LogP contribution >= 0.6 is 0 Å². The van der Waals surface area contributed by atoms with E-state index in [1.54, 1.807) is 0 Å². The van der Waals surface area contributed by atoms with Crippen molar-refractivity contribution in [1.29, 1.82) is 0 Å². The summed E-state index contributed by atoms with van der Waals surface area (Å²) in [5.41, 5.74) is 2.73. The normalized spacial score (nSPS) is 31.9. The number of hydrogen-bond acceptors (Lipinski definition) is 3. The van der Waals surface area contributed by atoms with Crippen molar-refractivity contribution >= 4 is 0 Å². The maximum absolute atomic E-state index is 10.1. The lowest BCUT2D eigenvalue weighted by Crippen LogP contribution is -2.41. The summed E-state index contributed by atoms with van der Waals surface area (Å²) in [4.78, 5) is 0. The van der Waals surface area contributed by atoms with Crippen LogP contribution in [-0.4, -0.2) is 30.9 Å². The van der Waals surface area contributed by atoms with Gasteiger partial charge in [0, 0.05) is 12.5 Å². The van der Waals surface area contributed by atoms with E-state index in [0.717, 1.165) is 39.0 Å². The maximum Gasteiger partial charge on any atom is 0.0831 e. The van der Waals surface area contributed by atoms with Gasteiger partial charge in [-0.1, -0.05) is 24.3 Å². The number of fused-ring (bicyclic) bond motifs is 1. The predicted molar refractivity (Wildman–Crippen MR) is 70.4 cm³/mol. The molecule has 0 aliphatic carbocycles. The van der Waals surface area contributed by atoms with Crippen molar-refractivity contribution in [3.05, 3.63) is 35.4 Å². The average molecular weight is 247 g/mol. The Labute approximate surface area is 108 Å². The Hall–Kier alpha value is -0.900. The number of hydrogen-bond donors (Lipinski definition) is 2. The number of rotatable bonds is 2. The summed E-state index contributed by atoms with van der Waals surface area (Å²) in [5.74, 6) is 0.315. The SMILES string of the molecule is OC1CCNCC1CC1OCCc2ccccc21. The topological polar surface area (TPSA) is 41.5 Å². The van der Waals surface area contributed by atoms with Crippen molar-refractivity contribution in [2.45, 2.75) is 31.5 Å². The molecule has 2 N–H and O–H groups in total. The molecule has 0 radical (unpaired) electrons. The third kappa shape index (κ3) is 2.44. The van der Waals surface area contributed by atoms with E-state index in [9.17, 15) is 5.11 Å². The Balaban J connectivity index is 1.73. The lowest BCUT2D eigenvalue weighted by Gasteiger charge is -2.33. The van der Waals surface area contributed by atoms with Gasteiger partial charge in [0.2, 0.25) is 0 Å². The lowest BCUT2D eigenvalue weighted by molar-refractivity contribution is -0.00568. The van der Waals surface area contributed by atoms with Crippen LogP contribution in [0.3, 0.4) is 0 Å². The van der Waals surface area contributed by atoms with Crippen molar-refractivity contribution in [2.75, 3.05) is 19.7 Å². The Morgan fingerprint density at radius 2 is 2.22 bits per heavy atom. The summed E-state index contributed by atoms with van der Waals surface area (Å²) in [7, 11) is 0. The van der Waals surface area contributed by atoms with E-state index in [1.807, 2.05) is 0 Å². The molecule has 0 amide bonds. The fourth-order valence-corrected chi connectivity index (χ4v) is 3.10. The van der Waals surface area contributed by atoms with E-state index in [-0.39, 0.29) is 12.2 Å². The standard InChI is InChI=1S/C15H21NO2/c17-14-5-7-16-10-12(14)9-15-13-4-2-1-3-11(13)6-8-18-15/h1-4,12,14-17H,5-10H2. The van der Waals surface area contributed by atoms with Crippen LogP contribution < -0.4 is 5.32 Å². The Morgan fingerprint density at radius 1 is 1.33 bits per heavy atom. The van der Waals surface area contributed by atoms with Crippen molar-refractivity contribution in [3.63, 3.8) is 0 Å². The zero-order chi connectivity index (χ0) is 12.4. The first-order chi connectivity index (χ1) is 8.84. The summed E-state index contributed by atoms with van der Waals surface area (Å²) in [6, 6.07) is 8.54. The fraction of sp³-hybridized carbons (Fsp3) is 0.600. The van der Waals surface area contributed by atoms with Gasteiger partial charge in [0.1, 0.15) is 0 Å². The molecule has 3 heteroatoms. The molecule has 2 aliphatic rings. The first-order valence-electron chi connectivity index (χ1n) is 6.93. The molecular formula is C15H21NO2. The van der Waals surface area contributed by atoms with Crippen molar-refractivity contribution in [2.24, 2.45) is 5.92 Å². The Kier molecular flexibility index (Phi) is 3.64. The van der Waals surface area contributed by atoms with Gasteiger partial charge in [-0.25, -0.2) is 0 Å².